The van der Waals surface area contributed by atoms with E-state index in [9.17, 15) is 14.0 Å². The van der Waals surface area contributed by atoms with Gasteiger partial charge in [-0.05, 0) is 58.7 Å². The monoisotopic (exact) mass is 422 g/mol. The molecule has 26 heavy (non-hydrogen) atoms. The van der Waals surface area contributed by atoms with Gasteiger partial charge < -0.3 is 15.0 Å². The number of anilines is 1. The number of amides is 2. The molecule has 138 valence electrons. The fraction of sp³-hybridized carbons (Fsp3) is 0.263. The average molecular weight is 423 g/mol. The van der Waals surface area contributed by atoms with Crippen LogP contribution >= 0.6 is 15.9 Å². The first-order valence-electron chi connectivity index (χ1n) is 7.98. The molecule has 2 aromatic rings. The molecule has 0 aliphatic rings. The highest BCUT2D eigenvalue weighted by atomic mass is 79.9. The molecule has 2 aromatic carbocycles. The van der Waals surface area contributed by atoms with Gasteiger partial charge in [0.25, 0.3) is 5.91 Å². The maximum atomic E-state index is 13.1. The second-order valence-corrected chi connectivity index (χ2v) is 6.84. The molecule has 0 saturated heterocycles. The molecule has 7 heteroatoms. The smallest absolute Gasteiger partial charge is 0.265 e. The molecule has 0 aromatic heterocycles. The van der Waals surface area contributed by atoms with Crippen LogP contribution < -0.4 is 10.1 Å². The van der Waals surface area contributed by atoms with Crippen LogP contribution in [0.15, 0.2) is 46.9 Å². The molecule has 0 bridgehead atoms. The molecule has 0 heterocycles. The molecule has 1 N–H and O–H groups in total. The highest BCUT2D eigenvalue weighted by Gasteiger charge is 2.16. The van der Waals surface area contributed by atoms with E-state index in [1.807, 2.05) is 0 Å². The summed E-state index contributed by atoms with van der Waals surface area (Å²) in [4.78, 5) is 25.5. The second kappa shape index (κ2) is 8.80. The summed E-state index contributed by atoms with van der Waals surface area (Å²) in [7, 11) is 3.41. The van der Waals surface area contributed by atoms with Crippen LogP contribution in [0.3, 0.4) is 0 Å². The Hall–Kier alpha value is -2.41. The lowest BCUT2D eigenvalue weighted by atomic mass is 10.1. The standard InChI is InChI=1S/C19H20BrFN2O3/c1-12(26-17-9-6-14(21)11-16(17)20)19(25)22-15-7-4-13(5-8-15)10-18(24)23(2)3/h4-9,11-12H,10H2,1-3H3,(H,22,25). The van der Waals surface area contributed by atoms with E-state index in [0.29, 0.717) is 22.3 Å². The van der Waals surface area contributed by atoms with Crippen LogP contribution in [0.4, 0.5) is 10.1 Å². The summed E-state index contributed by atoms with van der Waals surface area (Å²) in [6.07, 6.45) is -0.467. The minimum atomic E-state index is -0.772. The Morgan fingerprint density at radius 1 is 1.19 bits per heavy atom. The number of carbonyl (C=O) groups is 2. The van der Waals surface area contributed by atoms with Gasteiger partial charge in [-0.2, -0.15) is 0 Å². The number of hydrogen-bond acceptors (Lipinski definition) is 3. The van der Waals surface area contributed by atoms with Crippen LogP contribution in [0.5, 0.6) is 5.75 Å². The Labute approximate surface area is 160 Å². The number of likely N-dealkylation sites (N-methyl/N-ethyl adjacent to an activating group) is 1. The van der Waals surface area contributed by atoms with Crippen molar-refractivity contribution in [3.8, 4) is 5.75 Å². The molecule has 2 amide bonds. The van der Waals surface area contributed by atoms with Crippen molar-refractivity contribution in [3.05, 3.63) is 58.3 Å². The SMILES string of the molecule is CC(Oc1ccc(F)cc1Br)C(=O)Nc1ccc(CC(=O)N(C)C)cc1. The average Bonchev–Trinajstić information content (AvgIpc) is 2.58. The number of benzene rings is 2. The van der Waals surface area contributed by atoms with Gasteiger partial charge in [0.05, 0.1) is 10.9 Å². The predicted molar refractivity (Wildman–Crippen MR) is 102 cm³/mol. The summed E-state index contributed by atoms with van der Waals surface area (Å²) in [5.74, 6) is -0.340. The molecule has 0 saturated carbocycles. The Morgan fingerprint density at radius 3 is 2.42 bits per heavy atom. The van der Waals surface area contributed by atoms with Crippen molar-refractivity contribution >= 4 is 33.4 Å². The maximum Gasteiger partial charge on any atom is 0.265 e. The predicted octanol–water partition coefficient (Wildman–Crippen LogP) is 3.62. The van der Waals surface area contributed by atoms with Gasteiger partial charge in [0.15, 0.2) is 6.10 Å². The van der Waals surface area contributed by atoms with Crippen molar-refractivity contribution < 1.29 is 18.7 Å². The molecular formula is C19H20BrFN2O3. The zero-order chi connectivity index (χ0) is 19.3. The number of ether oxygens (including phenoxy) is 1. The van der Waals surface area contributed by atoms with E-state index >= 15 is 0 Å². The molecule has 0 fully saturated rings. The normalized spacial score (nSPS) is 11.6. The number of rotatable bonds is 6. The van der Waals surface area contributed by atoms with E-state index in [4.69, 9.17) is 4.74 Å². The maximum absolute atomic E-state index is 13.1. The lowest BCUT2D eigenvalue weighted by molar-refractivity contribution is -0.128. The zero-order valence-electron chi connectivity index (χ0n) is 14.8. The molecule has 0 aliphatic heterocycles. The fourth-order valence-corrected chi connectivity index (χ4v) is 2.54. The fourth-order valence-electron chi connectivity index (χ4n) is 2.10. The molecular weight excluding hydrogens is 403 g/mol. The molecule has 0 radical (unpaired) electrons. The summed E-state index contributed by atoms with van der Waals surface area (Å²) < 4.78 is 19.1. The first-order chi connectivity index (χ1) is 12.3. The van der Waals surface area contributed by atoms with Gasteiger partial charge in [-0.25, -0.2) is 4.39 Å². The molecule has 1 atom stereocenters. The Balaban J connectivity index is 1.95. The van der Waals surface area contributed by atoms with Gasteiger partial charge in [-0.3, -0.25) is 9.59 Å². The Bertz CT molecular complexity index is 794. The van der Waals surface area contributed by atoms with Crippen LogP contribution in [0.2, 0.25) is 0 Å². The number of hydrogen-bond donors (Lipinski definition) is 1. The van der Waals surface area contributed by atoms with Crippen molar-refractivity contribution in [2.24, 2.45) is 0 Å². The van der Waals surface area contributed by atoms with Crippen LogP contribution in [0, 0.1) is 5.82 Å². The molecule has 1 unspecified atom stereocenters. The summed E-state index contributed by atoms with van der Waals surface area (Å²) >= 11 is 3.20. The van der Waals surface area contributed by atoms with Crippen molar-refractivity contribution in [1.82, 2.24) is 4.90 Å². The molecule has 0 spiro atoms. The largest absolute Gasteiger partial charge is 0.480 e. The van der Waals surface area contributed by atoms with Gasteiger partial charge in [-0.15, -0.1) is 0 Å². The summed E-state index contributed by atoms with van der Waals surface area (Å²) in [6.45, 7) is 1.61. The van der Waals surface area contributed by atoms with E-state index in [2.05, 4.69) is 21.2 Å². The molecule has 0 aliphatic carbocycles. The second-order valence-electron chi connectivity index (χ2n) is 5.99. The zero-order valence-corrected chi connectivity index (χ0v) is 16.3. The topological polar surface area (TPSA) is 58.6 Å². The highest BCUT2D eigenvalue weighted by Crippen LogP contribution is 2.26. The number of nitrogens with zero attached hydrogens (tertiary/aromatic N) is 1. The first kappa shape index (κ1) is 19.9. The third kappa shape index (κ3) is 5.56. The van der Waals surface area contributed by atoms with E-state index < -0.39 is 11.9 Å². The lowest BCUT2D eigenvalue weighted by Gasteiger charge is -2.16. The minimum Gasteiger partial charge on any atom is -0.480 e. The van der Waals surface area contributed by atoms with E-state index in [0.717, 1.165) is 5.56 Å². The highest BCUT2D eigenvalue weighted by molar-refractivity contribution is 9.10. The Morgan fingerprint density at radius 2 is 1.85 bits per heavy atom. The molecule has 5 nitrogen and oxygen atoms in total. The summed E-state index contributed by atoms with van der Waals surface area (Å²) in [5, 5.41) is 2.75. The van der Waals surface area contributed by atoms with Gasteiger partial charge in [0.1, 0.15) is 11.6 Å². The van der Waals surface area contributed by atoms with Crippen LogP contribution in [0.1, 0.15) is 12.5 Å². The van der Waals surface area contributed by atoms with Crippen molar-refractivity contribution in [2.75, 3.05) is 19.4 Å². The number of nitrogens with one attached hydrogen (secondary N) is 1. The van der Waals surface area contributed by atoms with E-state index in [1.54, 1.807) is 45.3 Å². The van der Waals surface area contributed by atoms with Crippen LogP contribution in [-0.4, -0.2) is 36.9 Å². The van der Waals surface area contributed by atoms with E-state index in [1.165, 1.54) is 23.1 Å². The Kier molecular flexibility index (Phi) is 6.74. The number of carbonyl (C=O) groups excluding carboxylic acids is 2. The summed E-state index contributed by atoms with van der Waals surface area (Å²) in [5.41, 5.74) is 1.46. The molecule has 2 rings (SSSR count). The van der Waals surface area contributed by atoms with Gasteiger partial charge in [0.2, 0.25) is 5.91 Å². The van der Waals surface area contributed by atoms with Gasteiger partial charge >= 0.3 is 0 Å². The van der Waals surface area contributed by atoms with Gasteiger partial charge in [0, 0.05) is 19.8 Å². The third-order valence-electron chi connectivity index (χ3n) is 3.64. The van der Waals surface area contributed by atoms with E-state index in [-0.39, 0.29) is 11.8 Å². The third-order valence-corrected chi connectivity index (χ3v) is 4.26. The van der Waals surface area contributed by atoms with Gasteiger partial charge in [-0.1, -0.05) is 12.1 Å². The van der Waals surface area contributed by atoms with Crippen molar-refractivity contribution in [2.45, 2.75) is 19.4 Å². The number of halogens is 2. The van der Waals surface area contributed by atoms with Crippen molar-refractivity contribution in [1.29, 1.82) is 0 Å². The van der Waals surface area contributed by atoms with Crippen LogP contribution in [-0.2, 0) is 16.0 Å². The summed E-state index contributed by atoms with van der Waals surface area (Å²) in [6, 6.07) is 11.0. The van der Waals surface area contributed by atoms with Crippen LogP contribution in [0.25, 0.3) is 0 Å². The minimum absolute atomic E-state index is 0.00804. The van der Waals surface area contributed by atoms with Crippen molar-refractivity contribution in [3.63, 3.8) is 0 Å². The lowest BCUT2D eigenvalue weighted by Crippen LogP contribution is -2.30. The first-order valence-corrected chi connectivity index (χ1v) is 8.77. The quantitative estimate of drug-likeness (QED) is 0.772.